The third-order valence-corrected chi connectivity index (χ3v) is 2.52. The minimum atomic E-state index is -1.28. The molecule has 0 saturated heterocycles. The lowest BCUT2D eigenvalue weighted by molar-refractivity contribution is -0.143. The largest absolute Gasteiger partial charge is 0.490 e. The summed E-state index contributed by atoms with van der Waals surface area (Å²) in [6, 6.07) is 7.26. The summed E-state index contributed by atoms with van der Waals surface area (Å²) in [6.45, 7) is 4.12. The second-order valence-electron chi connectivity index (χ2n) is 4.20. The Morgan fingerprint density at radius 3 is 2.39 bits per heavy atom. The molecule has 0 aromatic heterocycles. The summed E-state index contributed by atoms with van der Waals surface area (Å²) in [5.74, 6) is 0.207. The maximum Gasteiger partial charge on any atom is 0.323 e. The lowest BCUT2D eigenvalue weighted by Crippen LogP contribution is -2.45. The van der Waals surface area contributed by atoms with Crippen molar-refractivity contribution in [2.24, 2.45) is 5.73 Å². The van der Waals surface area contributed by atoms with Crippen LogP contribution in [0, 0.1) is 0 Å². The van der Waals surface area contributed by atoms with E-state index in [0.29, 0.717) is 18.1 Å². The number of hydrogen-bond acceptors (Lipinski definition) is 4. The summed E-state index contributed by atoms with van der Waals surface area (Å²) in [7, 11) is 0. The van der Waals surface area contributed by atoms with E-state index in [9.17, 15) is 4.79 Å². The maximum absolute atomic E-state index is 10.8. The van der Waals surface area contributed by atoms with E-state index in [1.165, 1.54) is 6.92 Å². The summed E-state index contributed by atoms with van der Waals surface area (Å²) in [5, 5.41) is 8.87. The molecule has 5 nitrogen and oxygen atoms in total. The molecule has 3 N–H and O–H groups in total. The number of carbonyl (C=O) groups is 1. The van der Waals surface area contributed by atoms with Gasteiger partial charge < -0.3 is 20.3 Å². The van der Waals surface area contributed by atoms with Gasteiger partial charge in [0.15, 0.2) is 11.5 Å². The van der Waals surface area contributed by atoms with E-state index in [1.54, 1.807) is 12.1 Å². The minimum absolute atomic E-state index is 0.225. The van der Waals surface area contributed by atoms with Crippen LogP contribution in [0.5, 0.6) is 11.5 Å². The monoisotopic (exact) mass is 253 g/mol. The zero-order valence-electron chi connectivity index (χ0n) is 10.7. The molecule has 1 aromatic rings. The van der Waals surface area contributed by atoms with Crippen molar-refractivity contribution >= 4 is 5.97 Å². The molecule has 0 amide bonds. The first-order chi connectivity index (χ1) is 8.47. The van der Waals surface area contributed by atoms with Gasteiger partial charge in [-0.1, -0.05) is 12.1 Å². The van der Waals surface area contributed by atoms with Gasteiger partial charge in [0.1, 0.15) is 5.54 Å². The highest BCUT2D eigenvalue weighted by molar-refractivity contribution is 5.77. The van der Waals surface area contributed by atoms with Crippen LogP contribution in [-0.2, 0) is 4.79 Å². The number of carboxylic acids is 1. The van der Waals surface area contributed by atoms with Gasteiger partial charge in [-0.3, -0.25) is 4.79 Å². The van der Waals surface area contributed by atoms with Crippen LogP contribution in [-0.4, -0.2) is 29.8 Å². The number of ether oxygens (including phenoxy) is 2. The van der Waals surface area contributed by atoms with Crippen molar-refractivity contribution in [1.29, 1.82) is 0 Å². The maximum atomic E-state index is 10.8. The molecule has 100 valence electrons. The van der Waals surface area contributed by atoms with E-state index in [0.717, 1.165) is 0 Å². The van der Waals surface area contributed by atoms with Crippen molar-refractivity contribution in [2.45, 2.75) is 25.8 Å². The van der Waals surface area contributed by atoms with Gasteiger partial charge in [0, 0.05) is 6.42 Å². The molecule has 1 aromatic carbocycles. The van der Waals surface area contributed by atoms with Crippen LogP contribution in [0.3, 0.4) is 0 Å². The van der Waals surface area contributed by atoms with Gasteiger partial charge in [0.2, 0.25) is 0 Å². The summed E-state index contributed by atoms with van der Waals surface area (Å²) >= 11 is 0. The molecule has 0 spiro atoms. The Labute approximate surface area is 107 Å². The standard InChI is InChI=1S/C13H19NO4/c1-3-17-10-6-4-5-7-11(10)18-9-8-13(2,14)12(15)16/h4-7H,3,8-9,14H2,1-2H3,(H,15,16). The molecule has 0 aliphatic heterocycles. The summed E-state index contributed by atoms with van der Waals surface area (Å²) in [6.07, 6.45) is 0.225. The van der Waals surface area contributed by atoms with Crippen molar-refractivity contribution in [1.82, 2.24) is 0 Å². The van der Waals surface area contributed by atoms with E-state index in [-0.39, 0.29) is 13.0 Å². The van der Waals surface area contributed by atoms with E-state index in [1.807, 2.05) is 19.1 Å². The molecule has 0 fully saturated rings. The molecular formula is C13H19NO4. The Hall–Kier alpha value is -1.75. The molecule has 0 bridgehead atoms. The SMILES string of the molecule is CCOc1ccccc1OCCC(C)(N)C(=O)O. The Bertz CT molecular complexity index is 404. The number of carboxylic acid groups (broad SMARTS) is 1. The molecule has 1 atom stereocenters. The van der Waals surface area contributed by atoms with Gasteiger partial charge in [-0.05, 0) is 26.0 Å². The van der Waals surface area contributed by atoms with Crippen molar-refractivity contribution in [3.63, 3.8) is 0 Å². The molecular weight excluding hydrogens is 234 g/mol. The van der Waals surface area contributed by atoms with Gasteiger partial charge in [0.05, 0.1) is 13.2 Å². The molecule has 0 heterocycles. The molecule has 0 radical (unpaired) electrons. The van der Waals surface area contributed by atoms with Gasteiger partial charge >= 0.3 is 5.97 Å². The van der Waals surface area contributed by atoms with E-state index >= 15 is 0 Å². The highest BCUT2D eigenvalue weighted by Crippen LogP contribution is 2.26. The van der Waals surface area contributed by atoms with E-state index < -0.39 is 11.5 Å². The Kier molecular flexibility index (Phi) is 4.97. The fourth-order valence-corrected chi connectivity index (χ4v) is 1.32. The van der Waals surface area contributed by atoms with E-state index in [4.69, 9.17) is 20.3 Å². The number of para-hydroxylation sites is 2. The first-order valence-electron chi connectivity index (χ1n) is 5.84. The summed E-state index contributed by atoms with van der Waals surface area (Å²) in [4.78, 5) is 10.8. The summed E-state index contributed by atoms with van der Waals surface area (Å²) in [5.41, 5.74) is 4.33. The Balaban J connectivity index is 2.56. The van der Waals surface area contributed by atoms with Crippen LogP contribution in [0.2, 0.25) is 0 Å². The highest BCUT2D eigenvalue weighted by Gasteiger charge is 2.27. The number of hydrogen-bond donors (Lipinski definition) is 2. The van der Waals surface area contributed by atoms with Crippen LogP contribution >= 0.6 is 0 Å². The lowest BCUT2D eigenvalue weighted by atomic mass is 10.0. The zero-order valence-corrected chi connectivity index (χ0v) is 10.7. The van der Waals surface area contributed by atoms with Crippen molar-refractivity contribution < 1.29 is 19.4 Å². The van der Waals surface area contributed by atoms with Crippen LogP contribution in [0.15, 0.2) is 24.3 Å². The third kappa shape index (κ3) is 3.92. The second-order valence-corrected chi connectivity index (χ2v) is 4.20. The molecule has 18 heavy (non-hydrogen) atoms. The van der Waals surface area contributed by atoms with Gasteiger partial charge in [0.25, 0.3) is 0 Å². The highest BCUT2D eigenvalue weighted by atomic mass is 16.5. The summed E-state index contributed by atoms with van der Waals surface area (Å²) < 4.78 is 10.9. The zero-order chi connectivity index (χ0) is 13.6. The average Bonchev–Trinajstić information content (AvgIpc) is 2.31. The number of nitrogens with two attached hydrogens (primary N) is 1. The molecule has 5 heteroatoms. The quantitative estimate of drug-likeness (QED) is 0.772. The van der Waals surface area contributed by atoms with Gasteiger partial charge in [-0.15, -0.1) is 0 Å². The van der Waals surface area contributed by atoms with Crippen molar-refractivity contribution in [3.8, 4) is 11.5 Å². The van der Waals surface area contributed by atoms with Gasteiger partial charge in [-0.25, -0.2) is 0 Å². The Morgan fingerprint density at radius 2 is 1.89 bits per heavy atom. The first kappa shape index (κ1) is 14.3. The van der Waals surface area contributed by atoms with Crippen LogP contribution < -0.4 is 15.2 Å². The third-order valence-electron chi connectivity index (χ3n) is 2.52. The van der Waals surface area contributed by atoms with Crippen LogP contribution in [0.25, 0.3) is 0 Å². The van der Waals surface area contributed by atoms with Gasteiger partial charge in [-0.2, -0.15) is 0 Å². The Morgan fingerprint density at radius 1 is 1.33 bits per heavy atom. The molecule has 0 saturated carbocycles. The topological polar surface area (TPSA) is 81.8 Å². The predicted molar refractivity (Wildman–Crippen MR) is 68.0 cm³/mol. The lowest BCUT2D eigenvalue weighted by Gasteiger charge is -2.19. The van der Waals surface area contributed by atoms with Crippen molar-refractivity contribution in [3.05, 3.63) is 24.3 Å². The average molecular weight is 253 g/mol. The fraction of sp³-hybridized carbons (Fsp3) is 0.462. The normalized spacial score (nSPS) is 13.7. The first-order valence-corrected chi connectivity index (χ1v) is 5.84. The van der Waals surface area contributed by atoms with Crippen LogP contribution in [0.1, 0.15) is 20.3 Å². The number of rotatable bonds is 7. The number of benzene rings is 1. The van der Waals surface area contributed by atoms with Crippen LogP contribution in [0.4, 0.5) is 0 Å². The second kappa shape index (κ2) is 6.26. The van der Waals surface area contributed by atoms with Crippen molar-refractivity contribution in [2.75, 3.05) is 13.2 Å². The predicted octanol–water partition coefficient (Wildman–Crippen LogP) is 1.66. The minimum Gasteiger partial charge on any atom is -0.490 e. The number of aliphatic carboxylic acids is 1. The molecule has 0 aliphatic rings. The molecule has 1 rings (SSSR count). The molecule has 1 unspecified atom stereocenters. The molecule has 0 aliphatic carbocycles. The fourth-order valence-electron chi connectivity index (χ4n) is 1.32. The van der Waals surface area contributed by atoms with E-state index in [2.05, 4.69) is 0 Å². The smallest absolute Gasteiger partial charge is 0.323 e.